The fourth-order valence-corrected chi connectivity index (χ4v) is 6.36. The SMILES string of the molecule is CCCCCCCCCc1cnc(-c2ccc(OC(=O)c3ccc([C@H]4CC[C@H](CCCCCC)CC4)c(F)c3)cc2)nc1. The maximum atomic E-state index is 15.1. The molecule has 0 spiro atoms. The van der Waals surface area contributed by atoms with Crippen LogP contribution in [-0.4, -0.2) is 15.9 Å². The van der Waals surface area contributed by atoms with Crippen molar-refractivity contribution in [1.29, 1.82) is 0 Å². The largest absolute Gasteiger partial charge is 0.423 e. The lowest BCUT2D eigenvalue weighted by atomic mass is 9.77. The highest BCUT2D eigenvalue weighted by Gasteiger charge is 2.25. The summed E-state index contributed by atoms with van der Waals surface area (Å²) in [6.45, 7) is 4.49. The number of hydrogen-bond donors (Lipinski definition) is 0. The number of carbonyl (C=O) groups is 1. The molecule has 3 aromatic rings. The number of aromatic nitrogens is 2. The Morgan fingerprint density at radius 2 is 1.42 bits per heavy atom. The van der Waals surface area contributed by atoms with Crippen LogP contribution < -0.4 is 4.74 Å². The highest BCUT2D eigenvalue weighted by molar-refractivity contribution is 5.91. The summed E-state index contributed by atoms with van der Waals surface area (Å²) in [6, 6.07) is 12.0. The van der Waals surface area contributed by atoms with Gasteiger partial charge in [0.2, 0.25) is 0 Å². The summed E-state index contributed by atoms with van der Waals surface area (Å²) in [5.41, 5.74) is 2.98. The molecule has 1 aliphatic carbocycles. The van der Waals surface area contributed by atoms with E-state index >= 15 is 4.39 Å². The first-order valence-electron chi connectivity index (χ1n) is 17.0. The van der Waals surface area contributed by atoms with E-state index in [-0.39, 0.29) is 17.3 Å². The Bertz CT molecular complexity index is 1230. The number of unbranched alkanes of at least 4 members (excludes halogenated alkanes) is 9. The molecule has 232 valence electrons. The van der Waals surface area contributed by atoms with Gasteiger partial charge in [-0.1, -0.05) is 90.5 Å². The fourth-order valence-electron chi connectivity index (χ4n) is 6.36. The van der Waals surface area contributed by atoms with Crippen molar-refractivity contribution in [3.63, 3.8) is 0 Å². The number of nitrogens with zero attached hydrogens (tertiary/aromatic N) is 2. The van der Waals surface area contributed by atoms with Crippen LogP contribution in [0.3, 0.4) is 0 Å². The smallest absolute Gasteiger partial charge is 0.343 e. The Kier molecular flexibility index (Phi) is 13.7. The number of hydrogen-bond acceptors (Lipinski definition) is 4. The van der Waals surface area contributed by atoms with Gasteiger partial charge in [0, 0.05) is 18.0 Å². The second-order valence-electron chi connectivity index (χ2n) is 12.5. The van der Waals surface area contributed by atoms with E-state index in [0.717, 1.165) is 41.9 Å². The molecule has 1 saturated carbocycles. The fraction of sp³-hybridized carbons (Fsp3) is 0.553. The number of rotatable bonds is 17. The quantitative estimate of drug-likeness (QED) is 0.0897. The summed E-state index contributed by atoms with van der Waals surface area (Å²) < 4.78 is 20.7. The molecular formula is C38H51FN2O2. The molecule has 0 unspecified atom stereocenters. The second kappa shape index (κ2) is 17.9. The maximum absolute atomic E-state index is 15.1. The van der Waals surface area contributed by atoms with E-state index in [2.05, 4.69) is 23.8 Å². The van der Waals surface area contributed by atoms with Crippen LogP contribution in [0.5, 0.6) is 5.75 Å². The van der Waals surface area contributed by atoms with Crippen LogP contribution >= 0.6 is 0 Å². The van der Waals surface area contributed by atoms with Crippen LogP contribution in [0.1, 0.15) is 144 Å². The summed E-state index contributed by atoms with van der Waals surface area (Å²) in [7, 11) is 0. The average molecular weight is 587 g/mol. The van der Waals surface area contributed by atoms with Crippen molar-refractivity contribution in [3.8, 4) is 17.1 Å². The van der Waals surface area contributed by atoms with Crippen molar-refractivity contribution in [1.82, 2.24) is 9.97 Å². The van der Waals surface area contributed by atoms with Gasteiger partial charge >= 0.3 is 5.97 Å². The Morgan fingerprint density at radius 3 is 2.07 bits per heavy atom. The highest BCUT2D eigenvalue weighted by Crippen LogP contribution is 2.39. The third-order valence-electron chi connectivity index (χ3n) is 9.09. The van der Waals surface area contributed by atoms with Crippen molar-refractivity contribution in [3.05, 3.63) is 77.4 Å². The zero-order valence-electron chi connectivity index (χ0n) is 26.5. The van der Waals surface area contributed by atoms with Crippen molar-refractivity contribution in [2.24, 2.45) is 5.92 Å². The van der Waals surface area contributed by atoms with Crippen LogP contribution in [0.2, 0.25) is 0 Å². The summed E-state index contributed by atoms with van der Waals surface area (Å²) >= 11 is 0. The molecule has 4 nitrogen and oxygen atoms in total. The Labute approximate surface area is 258 Å². The van der Waals surface area contributed by atoms with Crippen molar-refractivity contribution >= 4 is 5.97 Å². The third kappa shape index (κ3) is 10.5. The number of carbonyl (C=O) groups excluding carboxylic acids is 1. The monoisotopic (exact) mass is 586 g/mol. The lowest BCUT2D eigenvalue weighted by Gasteiger charge is -2.29. The molecule has 0 radical (unpaired) electrons. The summed E-state index contributed by atoms with van der Waals surface area (Å²) in [5.74, 6) is 1.21. The minimum atomic E-state index is -0.556. The van der Waals surface area contributed by atoms with Crippen LogP contribution in [0.25, 0.3) is 11.4 Å². The van der Waals surface area contributed by atoms with Gasteiger partial charge in [-0.2, -0.15) is 0 Å². The lowest BCUT2D eigenvalue weighted by Crippen LogP contribution is -2.15. The number of benzene rings is 2. The molecule has 0 atom stereocenters. The van der Waals surface area contributed by atoms with Gasteiger partial charge in [-0.25, -0.2) is 19.2 Å². The van der Waals surface area contributed by atoms with Gasteiger partial charge in [-0.15, -0.1) is 0 Å². The Morgan fingerprint density at radius 1 is 0.791 bits per heavy atom. The predicted octanol–water partition coefficient (Wildman–Crippen LogP) is 11.0. The van der Waals surface area contributed by atoms with Crippen molar-refractivity contribution < 1.29 is 13.9 Å². The van der Waals surface area contributed by atoms with E-state index in [1.807, 2.05) is 24.5 Å². The molecule has 0 saturated heterocycles. The number of aryl methyl sites for hydroxylation is 1. The summed E-state index contributed by atoms with van der Waals surface area (Å²) in [4.78, 5) is 21.9. The third-order valence-corrected chi connectivity index (χ3v) is 9.09. The van der Waals surface area contributed by atoms with E-state index in [0.29, 0.717) is 11.6 Å². The Hall–Kier alpha value is -3.08. The number of esters is 1. The molecule has 1 fully saturated rings. The van der Waals surface area contributed by atoms with Crippen LogP contribution in [0.15, 0.2) is 54.9 Å². The van der Waals surface area contributed by atoms with Crippen LogP contribution in [0.4, 0.5) is 4.39 Å². The molecule has 43 heavy (non-hydrogen) atoms. The molecule has 4 rings (SSSR count). The molecule has 1 aliphatic rings. The molecule has 0 amide bonds. The van der Waals surface area contributed by atoms with Crippen LogP contribution in [-0.2, 0) is 6.42 Å². The van der Waals surface area contributed by atoms with E-state index in [9.17, 15) is 4.79 Å². The first-order valence-corrected chi connectivity index (χ1v) is 17.0. The van der Waals surface area contributed by atoms with E-state index in [1.54, 1.807) is 24.3 Å². The molecule has 5 heteroatoms. The molecule has 0 aliphatic heterocycles. The standard InChI is InChI=1S/C38H51FN2O2/c1-3-5-7-9-10-11-13-15-30-27-40-37(41-28-30)32-20-23-34(24-21-32)43-38(42)33-22-25-35(36(39)26-33)31-18-16-29(17-19-31)14-12-8-6-4-2/h20-29,31H,3-19H2,1-2H3/t29-,31-. The maximum Gasteiger partial charge on any atom is 0.343 e. The normalized spacial score (nSPS) is 16.7. The minimum absolute atomic E-state index is 0.231. The summed E-state index contributed by atoms with van der Waals surface area (Å²) in [5, 5.41) is 0. The molecule has 1 aromatic heterocycles. The average Bonchev–Trinajstić information content (AvgIpc) is 3.04. The highest BCUT2D eigenvalue weighted by atomic mass is 19.1. The first kappa shape index (κ1) is 32.8. The summed E-state index contributed by atoms with van der Waals surface area (Å²) in [6.07, 6.45) is 24.8. The van der Waals surface area contributed by atoms with Gasteiger partial charge in [0.15, 0.2) is 5.82 Å². The second-order valence-corrected chi connectivity index (χ2v) is 12.5. The Balaban J connectivity index is 1.23. The van der Waals surface area contributed by atoms with Gasteiger partial charge in [0.1, 0.15) is 11.6 Å². The van der Waals surface area contributed by atoms with Gasteiger partial charge in [0.25, 0.3) is 0 Å². The van der Waals surface area contributed by atoms with Crippen molar-refractivity contribution in [2.75, 3.05) is 0 Å². The zero-order chi connectivity index (χ0) is 30.3. The lowest BCUT2D eigenvalue weighted by molar-refractivity contribution is 0.0734. The van der Waals surface area contributed by atoms with Crippen molar-refractivity contribution in [2.45, 2.75) is 129 Å². The van der Waals surface area contributed by atoms with Gasteiger partial charge in [-0.3, -0.25) is 0 Å². The molecule has 0 bridgehead atoms. The topological polar surface area (TPSA) is 52.1 Å². The van der Waals surface area contributed by atoms with E-state index in [4.69, 9.17) is 4.74 Å². The molecular weight excluding hydrogens is 535 g/mol. The zero-order valence-corrected chi connectivity index (χ0v) is 26.5. The van der Waals surface area contributed by atoms with E-state index in [1.165, 1.54) is 96.0 Å². The van der Waals surface area contributed by atoms with Gasteiger partial charge < -0.3 is 4.74 Å². The molecule has 1 heterocycles. The predicted molar refractivity (Wildman–Crippen MR) is 174 cm³/mol. The number of ether oxygens (including phenoxy) is 1. The molecule has 0 N–H and O–H groups in total. The molecule has 2 aromatic carbocycles. The van der Waals surface area contributed by atoms with Gasteiger partial charge in [0.05, 0.1) is 5.56 Å². The minimum Gasteiger partial charge on any atom is -0.423 e. The van der Waals surface area contributed by atoms with Gasteiger partial charge in [-0.05, 0) is 97.9 Å². The van der Waals surface area contributed by atoms with E-state index < -0.39 is 5.97 Å². The number of halogens is 1. The first-order chi connectivity index (χ1) is 21.1. The van der Waals surface area contributed by atoms with Crippen LogP contribution in [0, 0.1) is 11.7 Å².